The number of anilines is 1. The number of amides is 1. The van der Waals surface area contributed by atoms with Crippen LogP contribution in [0.3, 0.4) is 0 Å². The molecule has 0 unspecified atom stereocenters. The van der Waals surface area contributed by atoms with Gasteiger partial charge in [0.25, 0.3) is 0 Å². The molecule has 0 spiro atoms. The van der Waals surface area contributed by atoms with E-state index < -0.39 is 12.1 Å². The molecular formula is C17H14N6O2. The van der Waals surface area contributed by atoms with E-state index in [-0.39, 0.29) is 5.95 Å². The topological polar surface area (TPSA) is 118 Å². The summed E-state index contributed by atoms with van der Waals surface area (Å²) < 4.78 is 1.49. The first-order valence-electron chi connectivity index (χ1n) is 7.59. The lowest BCUT2D eigenvalue weighted by molar-refractivity contribution is 0.191. The number of hydrogen-bond acceptors (Lipinski definition) is 5. The molecule has 25 heavy (non-hydrogen) atoms. The van der Waals surface area contributed by atoms with Gasteiger partial charge in [0.05, 0.1) is 5.52 Å². The fraction of sp³-hybridized carbons (Fsp3) is 0.0588. The first kappa shape index (κ1) is 14.9. The Bertz CT molecular complexity index is 1080. The average molecular weight is 334 g/mol. The molecule has 8 nitrogen and oxygen atoms in total. The lowest BCUT2D eigenvalue weighted by Gasteiger charge is -2.18. The van der Waals surface area contributed by atoms with Crippen LogP contribution in [-0.4, -0.2) is 30.8 Å². The van der Waals surface area contributed by atoms with Gasteiger partial charge >= 0.3 is 6.09 Å². The molecule has 4 aromatic rings. The third kappa shape index (κ3) is 2.59. The molecular weight excluding hydrogens is 320 g/mol. The van der Waals surface area contributed by atoms with E-state index >= 15 is 0 Å². The minimum Gasteiger partial charge on any atom is -0.465 e. The van der Waals surface area contributed by atoms with Crippen molar-refractivity contribution in [3.63, 3.8) is 0 Å². The van der Waals surface area contributed by atoms with Crippen molar-refractivity contribution in [2.45, 2.75) is 6.04 Å². The molecule has 8 heteroatoms. The summed E-state index contributed by atoms with van der Waals surface area (Å²) in [5, 5.41) is 16.8. The predicted octanol–water partition coefficient (Wildman–Crippen LogP) is 2.22. The highest BCUT2D eigenvalue weighted by atomic mass is 16.4. The van der Waals surface area contributed by atoms with Crippen LogP contribution in [0.4, 0.5) is 10.7 Å². The molecule has 0 saturated carbocycles. The number of fused-ring (bicyclic) bond motifs is 3. The van der Waals surface area contributed by atoms with Crippen LogP contribution >= 0.6 is 0 Å². The van der Waals surface area contributed by atoms with Gasteiger partial charge in [-0.3, -0.25) is 0 Å². The standard InChI is InChI=1S/C17H14N6O2/c18-16-21-14-11-8-4-5-9-12(11)19-15(23(14)22-16)13(20-17(24)25)10-6-2-1-3-7-10/h1-9,13,20H,(H2,18,22)(H,24,25)/t13-/m1/s1. The highest BCUT2D eigenvalue weighted by Gasteiger charge is 2.23. The molecule has 0 aliphatic carbocycles. The Morgan fingerprint density at radius 1 is 1.08 bits per heavy atom. The van der Waals surface area contributed by atoms with E-state index in [4.69, 9.17) is 5.73 Å². The number of nitrogens with two attached hydrogens (primary N) is 1. The normalized spacial score (nSPS) is 12.3. The Kier molecular flexibility index (Phi) is 3.42. The molecule has 0 fully saturated rings. The third-order valence-electron chi connectivity index (χ3n) is 3.88. The maximum Gasteiger partial charge on any atom is 0.405 e. The van der Waals surface area contributed by atoms with Gasteiger partial charge < -0.3 is 16.2 Å². The van der Waals surface area contributed by atoms with E-state index in [9.17, 15) is 9.90 Å². The van der Waals surface area contributed by atoms with Gasteiger partial charge in [0.2, 0.25) is 5.95 Å². The number of para-hydroxylation sites is 1. The molecule has 4 rings (SSSR count). The van der Waals surface area contributed by atoms with Gasteiger partial charge in [-0.1, -0.05) is 42.5 Å². The number of hydrogen-bond donors (Lipinski definition) is 3. The number of nitrogen functional groups attached to an aromatic ring is 1. The minimum atomic E-state index is -1.16. The number of aromatic nitrogens is 4. The molecule has 1 atom stereocenters. The molecule has 0 aliphatic heterocycles. The third-order valence-corrected chi connectivity index (χ3v) is 3.88. The molecule has 0 aliphatic rings. The summed E-state index contributed by atoms with van der Waals surface area (Å²) in [6.45, 7) is 0. The molecule has 124 valence electrons. The summed E-state index contributed by atoms with van der Waals surface area (Å²) in [5.41, 5.74) is 7.74. The van der Waals surface area contributed by atoms with Crippen LogP contribution in [0.2, 0.25) is 0 Å². The zero-order valence-corrected chi connectivity index (χ0v) is 13.0. The maximum atomic E-state index is 11.4. The number of nitrogens with one attached hydrogen (secondary N) is 1. The van der Waals surface area contributed by atoms with E-state index in [1.807, 2.05) is 54.6 Å². The number of rotatable bonds is 3. The monoisotopic (exact) mass is 334 g/mol. The average Bonchev–Trinajstić information content (AvgIpc) is 3.01. The Hall–Kier alpha value is -3.68. The summed E-state index contributed by atoms with van der Waals surface area (Å²) in [6.07, 6.45) is -1.16. The summed E-state index contributed by atoms with van der Waals surface area (Å²) in [5.74, 6) is 0.494. The fourth-order valence-electron chi connectivity index (χ4n) is 2.85. The largest absolute Gasteiger partial charge is 0.465 e. The van der Waals surface area contributed by atoms with Gasteiger partial charge in [-0.25, -0.2) is 9.78 Å². The SMILES string of the molecule is Nc1nc2c3ccccc3nc([C@H](NC(=O)O)c3ccccc3)n2n1. The Morgan fingerprint density at radius 2 is 1.80 bits per heavy atom. The molecule has 0 saturated heterocycles. The van der Waals surface area contributed by atoms with Crippen LogP contribution in [0.1, 0.15) is 17.4 Å². The zero-order valence-electron chi connectivity index (χ0n) is 13.0. The summed E-state index contributed by atoms with van der Waals surface area (Å²) in [4.78, 5) is 20.2. The van der Waals surface area contributed by atoms with E-state index in [1.165, 1.54) is 4.52 Å². The number of carboxylic acid groups (broad SMARTS) is 1. The molecule has 2 aromatic heterocycles. The molecule has 0 bridgehead atoms. The highest BCUT2D eigenvalue weighted by Crippen LogP contribution is 2.25. The second-order valence-electron chi connectivity index (χ2n) is 5.49. The van der Waals surface area contributed by atoms with Crippen molar-refractivity contribution < 1.29 is 9.90 Å². The van der Waals surface area contributed by atoms with Crippen molar-refractivity contribution in [2.24, 2.45) is 0 Å². The quantitative estimate of drug-likeness (QED) is 0.528. The van der Waals surface area contributed by atoms with Crippen molar-refractivity contribution in [3.05, 3.63) is 66.0 Å². The smallest absolute Gasteiger partial charge is 0.405 e. The van der Waals surface area contributed by atoms with Crippen molar-refractivity contribution in [1.29, 1.82) is 0 Å². The first-order chi connectivity index (χ1) is 12.1. The zero-order chi connectivity index (χ0) is 17.4. The summed E-state index contributed by atoms with van der Waals surface area (Å²) in [7, 11) is 0. The van der Waals surface area contributed by atoms with E-state index in [0.717, 1.165) is 10.9 Å². The van der Waals surface area contributed by atoms with Crippen LogP contribution in [0.15, 0.2) is 54.6 Å². The van der Waals surface area contributed by atoms with Crippen LogP contribution in [0.25, 0.3) is 16.6 Å². The van der Waals surface area contributed by atoms with Gasteiger partial charge in [0.1, 0.15) is 6.04 Å². The van der Waals surface area contributed by atoms with E-state index in [1.54, 1.807) is 0 Å². The fourth-order valence-corrected chi connectivity index (χ4v) is 2.85. The highest BCUT2D eigenvalue weighted by molar-refractivity contribution is 5.91. The first-order valence-corrected chi connectivity index (χ1v) is 7.59. The Balaban J connectivity index is 2.03. The molecule has 2 heterocycles. The van der Waals surface area contributed by atoms with Crippen LogP contribution in [-0.2, 0) is 0 Å². The van der Waals surface area contributed by atoms with Gasteiger partial charge in [0.15, 0.2) is 11.5 Å². The Morgan fingerprint density at radius 3 is 2.56 bits per heavy atom. The van der Waals surface area contributed by atoms with Crippen LogP contribution in [0.5, 0.6) is 0 Å². The molecule has 1 amide bonds. The summed E-state index contributed by atoms with van der Waals surface area (Å²) in [6, 6.07) is 15.9. The van der Waals surface area contributed by atoms with Crippen molar-refractivity contribution in [3.8, 4) is 0 Å². The van der Waals surface area contributed by atoms with Crippen LogP contribution < -0.4 is 11.1 Å². The molecule has 2 aromatic carbocycles. The maximum absolute atomic E-state index is 11.4. The van der Waals surface area contributed by atoms with Gasteiger partial charge in [-0.05, 0) is 17.7 Å². The molecule has 4 N–H and O–H groups in total. The second-order valence-corrected chi connectivity index (χ2v) is 5.49. The van der Waals surface area contributed by atoms with E-state index in [0.29, 0.717) is 17.0 Å². The minimum absolute atomic E-state index is 0.0986. The van der Waals surface area contributed by atoms with E-state index in [2.05, 4.69) is 20.4 Å². The van der Waals surface area contributed by atoms with Crippen molar-refractivity contribution in [2.75, 3.05) is 5.73 Å². The number of nitrogens with zero attached hydrogens (tertiary/aromatic N) is 4. The predicted molar refractivity (Wildman–Crippen MR) is 92.1 cm³/mol. The van der Waals surface area contributed by atoms with Crippen molar-refractivity contribution >= 4 is 28.6 Å². The van der Waals surface area contributed by atoms with Crippen molar-refractivity contribution in [1.82, 2.24) is 24.9 Å². The number of carbonyl (C=O) groups is 1. The van der Waals surface area contributed by atoms with Gasteiger partial charge in [0, 0.05) is 5.39 Å². The molecule has 0 radical (unpaired) electrons. The van der Waals surface area contributed by atoms with Crippen LogP contribution in [0, 0.1) is 0 Å². The lowest BCUT2D eigenvalue weighted by Crippen LogP contribution is -2.30. The van der Waals surface area contributed by atoms with Gasteiger partial charge in [-0.2, -0.15) is 9.50 Å². The van der Waals surface area contributed by atoms with Gasteiger partial charge in [-0.15, -0.1) is 5.10 Å². The number of benzene rings is 2. The Labute approximate surface area is 141 Å². The second kappa shape index (κ2) is 5.75. The summed E-state index contributed by atoms with van der Waals surface area (Å²) >= 11 is 0. The lowest BCUT2D eigenvalue weighted by atomic mass is 10.1.